The number of rotatable bonds is 6. The smallest absolute Gasteiger partial charge is 0.219 e. The first-order valence-electron chi connectivity index (χ1n) is 7.89. The first-order chi connectivity index (χ1) is 9.60. The number of piperazine rings is 1. The van der Waals surface area contributed by atoms with Crippen LogP contribution >= 0.6 is 0 Å². The molecule has 2 fully saturated rings. The maximum Gasteiger partial charge on any atom is 0.219 e. The van der Waals surface area contributed by atoms with E-state index in [4.69, 9.17) is 4.74 Å². The molecule has 1 amide bonds. The molecule has 0 aromatic heterocycles. The first kappa shape index (κ1) is 15.7. The lowest BCUT2D eigenvalue weighted by molar-refractivity contribution is -0.135. The Balaban J connectivity index is 1.52. The van der Waals surface area contributed by atoms with Crippen molar-refractivity contribution in [2.45, 2.75) is 38.8 Å². The molecule has 1 saturated carbocycles. The van der Waals surface area contributed by atoms with Gasteiger partial charge in [0.25, 0.3) is 0 Å². The van der Waals surface area contributed by atoms with Gasteiger partial charge in [0.05, 0.1) is 12.7 Å². The summed E-state index contributed by atoms with van der Waals surface area (Å²) in [4.78, 5) is 18.0. The SMILES string of the molecule is CCN1CCN(CCO[C@H]2C[C@H](N(C)C(C)=O)C2)CC1. The largest absolute Gasteiger partial charge is 0.377 e. The van der Waals surface area contributed by atoms with Crippen molar-refractivity contribution in [3.8, 4) is 0 Å². The lowest BCUT2D eigenvalue weighted by Gasteiger charge is -2.41. The quantitative estimate of drug-likeness (QED) is 0.717. The number of hydrogen-bond donors (Lipinski definition) is 0. The van der Waals surface area contributed by atoms with E-state index in [1.807, 2.05) is 11.9 Å². The molecule has 116 valence electrons. The van der Waals surface area contributed by atoms with E-state index in [9.17, 15) is 4.79 Å². The molecule has 0 spiro atoms. The normalized spacial score (nSPS) is 28.1. The minimum atomic E-state index is 0.155. The molecule has 0 aromatic rings. The highest BCUT2D eigenvalue weighted by molar-refractivity contribution is 5.73. The summed E-state index contributed by atoms with van der Waals surface area (Å²) in [6, 6.07) is 0.394. The zero-order valence-corrected chi connectivity index (χ0v) is 13.2. The highest BCUT2D eigenvalue weighted by Crippen LogP contribution is 2.27. The standard InChI is InChI=1S/C15H29N3O2/c1-4-17-5-7-18(8-6-17)9-10-20-15-11-14(12-15)16(3)13(2)19/h14-15H,4-12H2,1-3H3/t14-,15-. The van der Waals surface area contributed by atoms with Crippen molar-refractivity contribution in [1.82, 2.24) is 14.7 Å². The molecule has 5 nitrogen and oxygen atoms in total. The molecule has 2 rings (SSSR count). The Bertz CT molecular complexity index is 310. The molecule has 1 aliphatic carbocycles. The summed E-state index contributed by atoms with van der Waals surface area (Å²) in [6.45, 7) is 11.6. The van der Waals surface area contributed by atoms with Crippen molar-refractivity contribution in [2.75, 3.05) is 52.9 Å². The van der Waals surface area contributed by atoms with Gasteiger partial charge in [0, 0.05) is 52.7 Å². The van der Waals surface area contributed by atoms with Gasteiger partial charge in [-0.15, -0.1) is 0 Å². The Labute approximate surface area is 122 Å². The summed E-state index contributed by atoms with van der Waals surface area (Å²) in [7, 11) is 1.89. The van der Waals surface area contributed by atoms with Crippen LogP contribution in [0.1, 0.15) is 26.7 Å². The van der Waals surface area contributed by atoms with Crippen molar-refractivity contribution in [3.63, 3.8) is 0 Å². The van der Waals surface area contributed by atoms with Crippen molar-refractivity contribution in [3.05, 3.63) is 0 Å². The topological polar surface area (TPSA) is 36.0 Å². The number of carbonyl (C=O) groups is 1. The molecule has 0 aromatic carbocycles. The summed E-state index contributed by atoms with van der Waals surface area (Å²) in [5.41, 5.74) is 0. The minimum absolute atomic E-state index is 0.155. The number of carbonyl (C=O) groups excluding carboxylic acids is 1. The van der Waals surface area contributed by atoms with E-state index in [0.717, 1.165) is 45.6 Å². The molecule has 5 heteroatoms. The van der Waals surface area contributed by atoms with E-state index in [1.165, 1.54) is 13.1 Å². The fraction of sp³-hybridized carbons (Fsp3) is 0.933. The fourth-order valence-corrected chi connectivity index (χ4v) is 2.92. The minimum Gasteiger partial charge on any atom is -0.377 e. The average Bonchev–Trinajstić information content (AvgIpc) is 2.41. The van der Waals surface area contributed by atoms with Crippen LogP contribution in [0.15, 0.2) is 0 Å². The summed E-state index contributed by atoms with van der Waals surface area (Å²) in [5, 5.41) is 0. The Morgan fingerprint density at radius 2 is 1.80 bits per heavy atom. The molecule has 0 atom stereocenters. The molecule has 2 aliphatic rings. The van der Waals surface area contributed by atoms with Crippen LogP contribution in [0.5, 0.6) is 0 Å². The summed E-state index contributed by atoms with van der Waals surface area (Å²) >= 11 is 0. The monoisotopic (exact) mass is 283 g/mol. The molecule has 1 heterocycles. The van der Waals surface area contributed by atoms with E-state index in [0.29, 0.717) is 12.1 Å². The molecule has 20 heavy (non-hydrogen) atoms. The number of hydrogen-bond acceptors (Lipinski definition) is 4. The second kappa shape index (κ2) is 7.38. The number of likely N-dealkylation sites (N-methyl/N-ethyl adjacent to an activating group) is 1. The van der Waals surface area contributed by atoms with Gasteiger partial charge in [-0.2, -0.15) is 0 Å². The molecule has 0 bridgehead atoms. The summed E-state index contributed by atoms with van der Waals surface area (Å²) in [5.74, 6) is 0.155. The van der Waals surface area contributed by atoms with Gasteiger partial charge in [-0.25, -0.2) is 0 Å². The van der Waals surface area contributed by atoms with E-state index in [2.05, 4.69) is 16.7 Å². The van der Waals surface area contributed by atoms with Gasteiger partial charge >= 0.3 is 0 Å². The van der Waals surface area contributed by atoms with E-state index in [-0.39, 0.29) is 5.91 Å². The maximum atomic E-state index is 11.2. The van der Waals surface area contributed by atoms with Crippen molar-refractivity contribution < 1.29 is 9.53 Å². The predicted molar refractivity (Wildman–Crippen MR) is 79.8 cm³/mol. The van der Waals surface area contributed by atoms with Crippen LogP contribution in [0.3, 0.4) is 0 Å². The third-order valence-corrected chi connectivity index (χ3v) is 4.79. The molecular weight excluding hydrogens is 254 g/mol. The van der Waals surface area contributed by atoms with Gasteiger partial charge in [0.15, 0.2) is 0 Å². The highest BCUT2D eigenvalue weighted by atomic mass is 16.5. The fourth-order valence-electron chi connectivity index (χ4n) is 2.92. The van der Waals surface area contributed by atoms with Crippen LogP contribution in [0.4, 0.5) is 0 Å². The van der Waals surface area contributed by atoms with Gasteiger partial charge in [0.2, 0.25) is 5.91 Å². The van der Waals surface area contributed by atoms with E-state index < -0.39 is 0 Å². The van der Waals surface area contributed by atoms with Crippen molar-refractivity contribution in [2.24, 2.45) is 0 Å². The third kappa shape index (κ3) is 4.17. The lowest BCUT2D eigenvalue weighted by Crippen LogP contribution is -2.49. The van der Waals surface area contributed by atoms with Crippen molar-refractivity contribution in [1.29, 1.82) is 0 Å². The number of nitrogens with zero attached hydrogens (tertiary/aromatic N) is 3. The molecule has 1 saturated heterocycles. The molecule has 0 unspecified atom stereocenters. The highest BCUT2D eigenvalue weighted by Gasteiger charge is 2.33. The van der Waals surface area contributed by atoms with Crippen molar-refractivity contribution >= 4 is 5.91 Å². The van der Waals surface area contributed by atoms with E-state index >= 15 is 0 Å². The number of amides is 1. The van der Waals surface area contributed by atoms with Crippen LogP contribution < -0.4 is 0 Å². The second-order valence-corrected chi connectivity index (χ2v) is 6.02. The Hall–Kier alpha value is -0.650. The van der Waals surface area contributed by atoms with Crippen LogP contribution in [0.2, 0.25) is 0 Å². The Morgan fingerprint density at radius 3 is 2.35 bits per heavy atom. The predicted octanol–water partition coefficient (Wildman–Crippen LogP) is 0.650. The average molecular weight is 283 g/mol. The summed E-state index contributed by atoms with van der Waals surface area (Å²) in [6.07, 6.45) is 2.36. The zero-order valence-electron chi connectivity index (χ0n) is 13.2. The van der Waals surface area contributed by atoms with Crippen LogP contribution in [0, 0.1) is 0 Å². The van der Waals surface area contributed by atoms with Crippen LogP contribution in [0.25, 0.3) is 0 Å². The number of ether oxygens (including phenoxy) is 1. The molecule has 0 N–H and O–H groups in total. The van der Waals surface area contributed by atoms with Gasteiger partial charge in [-0.3, -0.25) is 9.69 Å². The maximum absolute atomic E-state index is 11.2. The Morgan fingerprint density at radius 1 is 1.20 bits per heavy atom. The van der Waals surface area contributed by atoms with Crippen LogP contribution in [-0.2, 0) is 9.53 Å². The van der Waals surface area contributed by atoms with E-state index in [1.54, 1.807) is 6.92 Å². The van der Waals surface area contributed by atoms with Gasteiger partial charge in [-0.1, -0.05) is 6.92 Å². The second-order valence-electron chi connectivity index (χ2n) is 6.02. The lowest BCUT2D eigenvalue weighted by atomic mass is 9.88. The molecule has 1 aliphatic heterocycles. The zero-order chi connectivity index (χ0) is 14.5. The van der Waals surface area contributed by atoms with Gasteiger partial charge < -0.3 is 14.5 Å². The molecular formula is C15H29N3O2. The first-order valence-corrected chi connectivity index (χ1v) is 7.89. The molecule has 0 radical (unpaired) electrons. The summed E-state index contributed by atoms with van der Waals surface area (Å²) < 4.78 is 5.90. The van der Waals surface area contributed by atoms with Crippen LogP contribution in [-0.4, -0.2) is 85.7 Å². The van der Waals surface area contributed by atoms with Gasteiger partial charge in [0.1, 0.15) is 0 Å². The Kier molecular flexibility index (Phi) is 5.81. The van der Waals surface area contributed by atoms with Gasteiger partial charge in [-0.05, 0) is 19.4 Å². The third-order valence-electron chi connectivity index (χ3n) is 4.79.